The Hall–Kier alpha value is -2.89. The van der Waals surface area contributed by atoms with E-state index in [1.807, 2.05) is 30.3 Å². The molecule has 0 saturated carbocycles. The SMILES string of the molecule is COC(=O)Cc1cc(OC)c(OC)c(OC)c1CNc1ccccc1. The van der Waals surface area contributed by atoms with Crippen molar-refractivity contribution in [3.8, 4) is 17.2 Å². The molecule has 25 heavy (non-hydrogen) atoms. The van der Waals surface area contributed by atoms with Crippen LogP contribution in [0.15, 0.2) is 36.4 Å². The highest BCUT2D eigenvalue weighted by Crippen LogP contribution is 2.42. The number of ether oxygens (including phenoxy) is 4. The zero-order valence-corrected chi connectivity index (χ0v) is 14.9. The van der Waals surface area contributed by atoms with Crippen LogP contribution in [0.2, 0.25) is 0 Å². The first-order valence-corrected chi connectivity index (χ1v) is 7.81. The highest BCUT2D eigenvalue weighted by atomic mass is 16.5. The average molecular weight is 345 g/mol. The Morgan fingerprint density at radius 1 is 0.960 bits per heavy atom. The second-order valence-electron chi connectivity index (χ2n) is 5.26. The minimum absolute atomic E-state index is 0.110. The highest BCUT2D eigenvalue weighted by molar-refractivity contribution is 5.75. The molecule has 2 aromatic carbocycles. The van der Waals surface area contributed by atoms with Crippen LogP contribution in [-0.2, 0) is 22.5 Å². The largest absolute Gasteiger partial charge is 0.493 e. The van der Waals surface area contributed by atoms with Gasteiger partial charge in [-0.1, -0.05) is 18.2 Å². The average Bonchev–Trinajstić information content (AvgIpc) is 2.66. The Balaban J connectivity index is 2.46. The van der Waals surface area contributed by atoms with Crippen molar-refractivity contribution in [1.29, 1.82) is 0 Å². The molecule has 0 fully saturated rings. The summed E-state index contributed by atoms with van der Waals surface area (Å²) < 4.78 is 21.2. The van der Waals surface area contributed by atoms with E-state index in [4.69, 9.17) is 18.9 Å². The van der Waals surface area contributed by atoms with Crippen LogP contribution in [0.3, 0.4) is 0 Å². The van der Waals surface area contributed by atoms with Gasteiger partial charge in [-0.15, -0.1) is 0 Å². The number of esters is 1. The molecule has 0 bridgehead atoms. The summed E-state index contributed by atoms with van der Waals surface area (Å²) in [5, 5.41) is 3.33. The number of carbonyl (C=O) groups is 1. The van der Waals surface area contributed by atoms with Gasteiger partial charge in [-0.25, -0.2) is 0 Å². The second kappa shape index (κ2) is 8.82. The molecule has 1 N–H and O–H groups in total. The van der Waals surface area contributed by atoms with Gasteiger partial charge in [0, 0.05) is 17.8 Å². The van der Waals surface area contributed by atoms with E-state index in [-0.39, 0.29) is 12.4 Å². The summed E-state index contributed by atoms with van der Waals surface area (Å²) in [6.07, 6.45) is 0.110. The number of hydrogen-bond acceptors (Lipinski definition) is 6. The van der Waals surface area contributed by atoms with Gasteiger partial charge in [0.25, 0.3) is 0 Å². The maximum Gasteiger partial charge on any atom is 0.309 e. The molecule has 0 aliphatic carbocycles. The minimum atomic E-state index is -0.338. The fraction of sp³-hybridized carbons (Fsp3) is 0.316. The Morgan fingerprint density at radius 2 is 1.64 bits per heavy atom. The monoisotopic (exact) mass is 345 g/mol. The van der Waals surface area contributed by atoms with Crippen molar-refractivity contribution in [1.82, 2.24) is 0 Å². The second-order valence-corrected chi connectivity index (χ2v) is 5.26. The van der Waals surface area contributed by atoms with Crippen molar-refractivity contribution < 1.29 is 23.7 Å². The van der Waals surface area contributed by atoms with Crippen molar-refractivity contribution in [3.63, 3.8) is 0 Å². The molecule has 2 rings (SSSR count). The first kappa shape index (κ1) is 18.4. The Bertz CT molecular complexity index is 715. The molecular weight excluding hydrogens is 322 g/mol. The van der Waals surface area contributed by atoms with Crippen molar-refractivity contribution in [2.45, 2.75) is 13.0 Å². The van der Waals surface area contributed by atoms with E-state index < -0.39 is 0 Å². The number of benzene rings is 2. The van der Waals surface area contributed by atoms with E-state index in [1.54, 1.807) is 27.4 Å². The Kier molecular flexibility index (Phi) is 6.51. The number of rotatable bonds is 8. The number of carbonyl (C=O) groups excluding carboxylic acids is 1. The van der Waals surface area contributed by atoms with Crippen molar-refractivity contribution in [3.05, 3.63) is 47.5 Å². The molecule has 134 valence electrons. The Labute approximate surface area is 147 Å². The van der Waals surface area contributed by atoms with Gasteiger partial charge >= 0.3 is 5.97 Å². The maximum absolute atomic E-state index is 11.8. The third kappa shape index (κ3) is 4.35. The summed E-state index contributed by atoms with van der Waals surface area (Å²) in [5.41, 5.74) is 2.53. The highest BCUT2D eigenvalue weighted by Gasteiger charge is 2.22. The molecule has 0 aliphatic heterocycles. The summed E-state index contributed by atoms with van der Waals surface area (Å²) in [5.74, 6) is 1.18. The van der Waals surface area contributed by atoms with Gasteiger partial charge in [-0.05, 0) is 23.8 Å². The molecule has 6 heteroatoms. The van der Waals surface area contributed by atoms with E-state index in [0.717, 1.165) is 16.8 Å². The summed E-state index contributed by atoms with van der Waals surface area (Å²) in [6.45, 7) is 0.458. The quantitative estimate of drug-likeness (QED) is 0.742. The van der Waals surface area contributed by atoms with E-state index in [9.17, 15) is 4.79 Å². The van der Waals surface area contributed by atoms with Crippen LogP contribution in [-0.4, -0.2) is 34.4 Å². The molecule has 6 nitrogen and oxygen atoms in total. The molecule has 0 aliphatic rings. The van der Waals surface area contributed by atoms with Gasteiger partial charge in [0.1, 0.15) is 0 Å². The fourth-order valence-electron chi connectivity index (χ4n) is 2.59. The van der Waals surface area contributed by atoms with Crippen LogP contribution in [0.25, 0.3) is 0 Å². The van der Waals surface area contributed by atoms with Crippen LogP contribution < -0.4 is 19.5 Å². The molecule has 0 spiro atoms. The molecule has 0 heterocycles. The molecule has 0 amide bonds. The zero-order chi connectivity index (χ0) is 18.2. The lowest BCUT2D eigenvalue weighted by Gasteiger charge is -2.20. The molecular formula is C19H23NO5. The van der Waals surface area contributed by atoms with Gasteiger partial charge in [0.2, 0.25) is 5.75 Å². The smallest absolute Gasteiger partial charge is 0.309 e. The number of nitrogens with one attached hydrogen (secondary N) is 1. The standard InChI is InChI=1S/C19H23NO5/c1-22-16-10-13(11-17(21)23-2)15(18(24-3)19(16)25-4)12-20-14-8-6-5-7-9-14/h5-10,20H,11-12H2,1-4H3. The Morgan fingerprint density at radius 3 is 2.20 bits per heavy atom. The maximum atomic E-state index is 11.8. The van der Waals surface area contributed by atoms with Crippen molar-refractivity contribution >= 4 is 11.7 Å². The van der Waals surface area contributed by atoms with Gasteiger partial charge in [0.05, 0.1) is 34.9 Å². The first-order chi connectivity index (χ1) is 12.1. The van der Waals surface area contributed by atoms with Crippen molar-refractivity contribution in [2.24, 2.45) is 0 Å². The van der Waals surface area contributed by atoms with Gasteiger partial charge in [-0.2, -0.15) is 0 Å². The summed E-state index contributed by atoms with van der Waals surface area (Å²) in [4.78, 5) is 11.8. The first-order valence-electron chi connectivity index (χ1n) is 7.81. The van der Waals surface area contributed by atoms with E-state index in [2.05, 4.69) is 5.32 Å². The van der Waals surface area contributed by atoms with Crippen LogP contribution in [0.1, 0.15) is 11.1 Å². The number of anilines is 1. The molecule has 0 aromatic heterocycles. The lowest BCUT2D eigenvalue weighted by molar-refractivity contribution is -0.139. The summed E-state index contributed by atoms with van der Waals surface area (Å²) >= 11 is 0. The normalized spacial score (nSPS) is 10.1. The number of methoxy groups -OCH3 is 4. The van der Waals surface area contributed by atoms with Crippen LogP contribution in [0.4, 0.5) is 5.69 Å². The number of hydrogen-bond donors (Lipinski definition) is 1. The van der Waals surface area contributed by atoms with Crippen LogP contribution in [0.5, 0.6) is 17.2 Å². The minimum Gasteiger partial charge on any atom is -0.493 e. The number of para-hydroxylation sites is 1. The van der Waals surface area contributed by atoms with Gasteiger partial charge in [-0.3, -0.25) is 4.79 Å². The predicted octanol–water partition coefficient (Wildman–Crippen LogP) is 3.04. The molecule has 0 radical (unpaired) electrons. The third-order valence-corrected chi connectivity index (χ3v) is 3.83. The van der Waals surface area contributed by atoms with Crippen molar-refractivity contribution in [2.75, 3.05) is 33.8 Å². The predicted molar refractivity (Wildman–Crippen MR) is 95.6 cm³/mol. The summed E-state index contributed by atoms with van der Waals surface area (Å²) in [6, 6.07) is 11.6. The van der Waals surface area contributed by atoms with E-state index >= 15 is 0 Å². The van der Waals surface area contributed by atoms with Crippen LogP contribution in [0, 0.1) is 0 Å². The van der Waals surface area contributed by atoms with E-state index in [1.165, 1.54) is 7.11 Å². The molecule has 0 unspecified atom stereocenters. The fourth-order valence-corrected chi connectivity index (χ4v) is 2.59. The zero-order valence-electron chi connectivity index (χ0n) is 14.9. The van der Waals surface area contributed by atoms with E-state index in [0.29, 0.717) is 23.8 Å². The molecule has 2 aromatic rings. The third-order valence-electron chi connectivity index (χ3n) is 3.83. The van der Waals surface area contributed by atoms with Crippen LogP contribution >= 0.6 is 0 Å². The topological polar surface area (TPSA) is 66.0 Å². The van der Waals surface area contributed by atoms with Gasteiger partial charge < -0.3 is 24.3 Å². The summed E-state index contributed by atoms with van der Waals surface area (Å²) in [7, 11) is 6.02. The molecule has 0 saturated heterocycles. The lowest BCUT2D eigenvalue weighted by Crippen LogP contribution is -2.12. The molecule has 0 atom stereocenters. The lowest BCUT2D eigenvalue weighted by atomic mass is 10.0. The van der Waals surface area contributed by atoms with Gasteiger partial charge in [0.15, 0.2) is 11.5 Å².